The number of benzene rings is 2. The number of hydrogen-bond acceptors (Lipinski definition) is 4. The quantitative estimate of drug-likeness (QED) is 0.674. The second kappa shape index (κ2) is 7.38. The number of aromatic nitrogens is 1. The molecule has 6 nitrogen and oxygen atoms in total. The number of urea groups is 1. The second-order valence-electron chi connectivity index (χ2n) is 5.96. The highest BCUT2D eigenvalue weighted by Gasteiger charge is 2.26. The zero-order valence-corrected chi connectivity index (χ0v) is 15.7. The van der Waals surface area contributed by atoms with Gasteiger partial charge in [-0.2, -0.15) is 0 Å². The van der Waals surface area contributed by atoms with Crippen LogP contribution in [0, 0.1) is 0 Å². The largest absolute Gasteiger partial charge is 0.325 e. The Morgan fingerprint density at radius 2 is 1.96 bits per heavy atom. The van der Waals surface area contributed by atoms with Crippen molar-refractivity contribution in [3.8, 4) is 0 Å². The summed E-state index contributed by atoms with van der Waals surface area (Å²) in [6, 6.07) is 14.2. The summed E-state index contributed by atoms with van der Waals surface area (Å²) in [5.41, 5.74) is 2.96. The number of amides is 3. The average molecular weight is 399 g/mol. The van der Waals surface area contributed by atoms with E-state index in [4.69, 9.17) is 11.6 Å². The lowest BCUT2D eigenvalue weighted by molar-refractivity contribution is 0.0985. The van der Waals surface area contributed by atoms with Crippen molar-refractivity contribution in [2.45, 2.75) is 6.42 Å². The van der Waals surface area contributed by atoms with Crippen LogP contribution in [0.25, 0.3) is 0 Å². The Hall–Kier alpha value is -2.90. The van der Waals surface area contributed by atoms with E-state index in [1.165, 1.54) is 11.3 Å². The highest BCUT2D eigenvalue weighted by Crippen LogP contribution is 2.29. The van der Waals surface area contributed by atoms with Crippen molar-refractivity contribution in [3.05, 3.63) is 70.2 Å². The molecule has 3 amide bonds. The Balaban J connectivity index is 1.43. The number of carbonyl (C=O) groups excluding carboxylic acids is 2. The molecule has 0 atom stereocenters. The number of thiazole rings is 1. The van der Waals surface area contributed by atoms with Crippen LogP contribution >= 0.6 is 22.9 Å². The van der Waals surface area contributed by atoms with Gasteiger partial charge in [0.15, 0.2) is 5.13 Å². The summed E-state index contributed by atoms with van der Waals surface area (Å²) < 4.78 is 0. The van der Waals surface area contributed by atoms with Gasteiger partial charge in [-0.15, -0.1) is 11.3 Å². The molecular formula is C19H15ClN4O2S. The van der Waals surface area contributed by atoms with E-state index >= 15 is 0 Å². The fourth-order valence-electron chi connectivity index (χ4n) is 2.94. The fraction of sp³-hybridized carbons (Fsp3) is 0.105. The van der Waals surface area contributed by atoms with E-state index in [1.54, 1.807) is 34.5 Å². The maximum absolute atomic E-state index is 12.8. The van der Waals surface area contributed by atoms with Gasteiger partial charge in [-0.1, -0.05) is 35.9 Å². The molecule has 0 radical (unpaired) electrons. The highest BCUT2D eigenvalue weighted by atomic mass is 35.5. The summed E-state index contributed by atoms with van der Waals surface area (Å²) in [7, 11) is 0. The molecule has 3 aromatic rings. The summed E-state index contributed by atoms with van der Waals surface area (Å²) >= 11 is 7.10. The number of fused-ring (bicyclic) bond motifs is 1. The Morgan fingerprint density at radius 1 is 1.11 bits per heavy atom. The van der Waals surface area contributed by atoms with Crippen LogP contribution in [-0.4, -0.2) is 23.5 Å². The van der Waals surface area contributed by atoms with Crippen LogP contribution in [0.2, 0.25) is 5.02 Å². The van der Waals surface area contributed by atoms with Crippen molar-refractivity contribution in [1.29, 1.82) is 0 Å². The van der Waals surface area contributed by atoms with Crippen molar-refractivity contribution >= 4 is 51.4 Å². The number of halogens is 1. The molecule has 1 aromatic heterocycles. The van der Waals surface area contributed by atoms with E-state index in [9.17, 15) is 9.59 Å². The maximum Gasteiger partial charge on any atom is 0.325 e. The van der Waals surface area contributed by atoms with E-state index < -0.39 is 6.03 Å². The number of para-hydroxylation sites is 1. The summed E-state index contributed by atoms with van der Waals surface area (Å²) in [6.07, 6.45) is 0.833. The molecule has 2 N–H and O–H groups in total. The first-order valence-electron chi connectivity index (χ1n) is 8.29. The topological polar surface area (TPSA) is 74.3 Å². The molecule has 0 fully saturated rings. The molecule has 1 aliphatic rings. The molecule has 0 spiro atoms. The van der Waals surface area contributed by atoms with Gasteiger partial charge in [0.05, 0.1) is 0 Å². The second-order valence-corrected chi connectivity index (χ2v) is 7.26. The van der Waals surface area contributed by atoms with Crippen LogP contribution in [0.15, 0.2) is 53.9 Å². The van der Waals surface area contributed by atoms with Crippen LogP contribution in [0.4, 0.5) is 21.3 Å². The Kier molecular flexibility index (Phi) is 4.79. The molecule has 0 saturated carbocycles. The molecule has 0 aliphatic carbocycles. The van der Waals surface area contributed by atoms with Gasteiger partial charge in [0.25, 0.3) is 5.91 Å². The summed E-state index contributed by atoms with van der Waals surface area (Å²) in [4.78, 5) is 30.8. The number of carbonyl (C=O) groups is 2. The van der Waals surface area contributed by atoms with Gasteiger partial charge < -0.3 is 10.2 Å². The van der Waals surface area contributed by atoms with Crippen LogP contribution in [0.3, 0.4) is 0 Å². The molecule has 0 saturated heterocycles. The first-order chi connectivity index (χ1) is 13.1. The van der Waals surface area contributed by atoms with E-state index in [1.807, 2.05) is 24.3 Å². The van der Waals surface area contributed by atoms with Crippen molar-refractivity contribution in [1.82, 2.24) is 4.98 Å². The molecule has 8 heteroatoms. The minimum absolute atomic E-state index is 0.167. The Bertz CT molecular complexity index is 1020. The normalized spacial score (nSPS) is 12.6. The van der Waals surface area contributed by atoms with Crippen LogP contribution < -0.4 is 15.5 Å². The van der Waals surface area contributed by atoms with Gasteiger partial charge in [-0.25, -0.2) is 9.78 Å². The molecule has 2 heterocycles. The van der Waals surface area contributed by atoms with E-state index in [2.05, 4.69) is 15.6 Å². The summed E-state index contributed by atoms with van der Waals surface area (Å²) in [6.45, 7) is 0.633. The predicted octanol–water partition coefficient (Wildman–Crippen LogP) is 4.64. The van der Waals surface area contributed by atoms with Crippen molar-refractivity contribution in [2.24, 2.45) is 0 Å². The van der Waals surface area contributed by atoms with Crippen molar-refractivity contribution < 1.29 is 9.59 Å². The third kappa shape index (κ3) is 3.79. The van der Waals surface area contributed by atoms with E-state index in [-0.39, 0.29) is 5.91 Å². The van der Waals surface area contributed by atoms with Crippen LogP contribution in [0.1, 0.15) is 16.1 Å². The zero-order valence-electron chi connectivity index (χ0n) is 14.1. The molecule has 136 valence electrons. The molecule has 4 rings (SSSR count). The molecule has 0 bridgehead atoms. The lowest BCUT2D eigenvalue weighted by atomic mass is 10.2. The van der Waals surface area contributed by atoms with Crippen molar-refractivity contribution in [3.63, 3.8) is 0 Å². The van der Waals surface area contributed by atoms with Gasteiger partial charge in [0, 0.05) is 28.3 Å². The van der Waals surface area contributed by atoms with Gasteiger partial charge in [0.2, 0.25) is 0 Å². The first-order valence-corrected chi connectivity index (χ1v) is 9.55. The van der Waals surface area contributed by atoms with Gasteiger partial charge >= 0.3 is 6.03 Å². The lowest BCUT2D eigenvalue weighted by Crippen LogP contribution is -2.29. The van der Waals surface area contributed by atoms with Gasteiger partial charge in [-0.3, -0.25) is 10.1 Å². The zero-order chi connectivity index (χ0) is 18.8. The Labute approximate surface area is 164 Å². The standard InChI is InChI=1S/C19H15ClN4O2S/c20-13-5-3-6-14(10-13)21-18(26)23-19-22-15(11-27-19)17(25)24-9-8-12-4-1-2-7-16(12)24/h1-7,10-11H,8-9H2,(H2,21,22,23,26). The monoisotopic (exact) mass is 398 g/mol. The number of anilines is 3. The minimum atomic E-state index is -0.447. The molecular weight excluding hydrogens is 384 g/mol. The molecule has 27 heavy (non-hydrogen) atoms. The average Bonchev–Trinajstić information content (AvgIpc) is 3.28. The third-order valence-corrected chi connectivity index (χ3v) is 5.15. The number of rotatable bonds is 3. The maximum atomic E-state index is 12.8. The highest BCUT2D eigenvalue weighted by molar-refractivity contribution is 7.14. The number of hydrogen-bond donors (Lipinski definition) is 2. The molecule has 2 aromatic carbocycles. The van der Waals surface area contributed by atoms with Gasteiger partial charge in [-0.05, 0) is 36.2 Å². The van der Waals surface area contributed by atoms with Crippen LogP contribution in [0.5, 0.6) is 0 Å². The van der Waals surface area contributed by atoms with E-state index in [0.29, 0.717) is 28.1 Å². The number of nitrogens with one attached hydrogen (secondary N) is 2. The Morgan fingerprint density at radius 3 is 2.81 bits per heavy atom. The lowest BCUT2D eigenvalue weighted by Gasteiger charge is -2.15. The van der Waals surface area contributed by atoms with Gasteiger partial charge in [0.1, 0.15) is 5.69 Å². The number of nitrogens with zero attached hydrogens (tertiary/aromatic N) is 2. The predicted molar refractivity (Wildman–Crippen MR) is 108 cm³/mol. The van der Waals surface area contributed by atoms with Crippen molar-refractivity contribution in [2.75, 3.05) is 22.1 Å². The van der Waals surface area contributed by atoms with Crippen LogP contribution in [-0.2, 0) is 6.42 Å². The fourth-order valence-corrected chi connectivity index (χ4v) is 3.81. The summed E-state index contributed by atoms with van der Waals surface area (Å²) in [5.74, 6) is -0.167. The molecule has 1 aliphatic heterocycles. The molecule has 0 unspecified atom stereocenters. The first kappa shape index (κ1) is 17.5. The third-order valence-electron chi connectivity index (χ3n) is 4.16. The van der Waals surface area contributed by atoms with E-state index in [0.717, 1.165) is 17.7 Å². The SMILES string of the molecule is O=C(Nc1cccc(Cl)c1)Nc1nc(C(=O)N2CCc3ccccc32)cs1. The minimum Gasteiger partial charge on any atom is -0.308 e. The summed E-state index contributed by atoms with van der Waals surface area (Å²) in [5, 5.41) is 7.84. The smallest absolute Gasteiger partial charge is 0.308 e.